The Morgan fingerprint density at radius 3 is 2.38 bits per heavy atom. The lowest BCUT2D eigenvalue weighted by atomic mass is 10.0. The van der Waals surface area contributed by atoms with Gasteiger partial charge in [0.2, 0.25) is 0 Å². The van der Waals surface area contributed by atoms with E-state index >= 15 is 0 Å². The van der Waals surface area contributed by atoms with E-state index in [4.69, 9.17) is 17.5 Å². The molecule has 0 radical (unpaired) electrons. The van der Waals surface area contributed by atoms with Crippen LogP contribution in [0, 0.1) is 11.3 Å². The predicted octanol–water partition coefficient (Wildman–Crippen LogP) is 5.72. The molecule has 2 heterocycles. The van der Waals surface area contributed by atoms with E-state index in [1.807, 2.05) is 4.90 Å². The number of nitriles is 1. The summed E-state index contributed by atoms with van der Waals surface area (Å²) in [6, 6.07) is 5.53. The largest absolute Gasteiger partial charge is 0.417 e. The average Bonchev–Trinajstić information content (AvgIpc) is 3.25. The lowest BCUT2D eigenvalue weighted by Gasteiger charge is -2.29. The molecule has 2 aliphatic heterocycles. The normalized spacial score (nSPS) is 20.9. The minimum atomic E-state index is -4.70. The minimum absolute atomic E-state index is 0.0352. The van der Waals surface area contributed by atoms with Crippen molar-refractivity contribution in [1.29, 1.82) is 5.26 Å². The molecule has 0 aliphatic carbocycles. The predicted molar refractivity (Wildman–Crippen MR) is 130 cm³/mol. The van der Waals surface area contributed by atoms with Crippen molar-refractivity contribution in [2.45, 2.75) is 83.5 Å². The van der Waals surface area contributed by atoms with Gasteiger partial charge in [-0.25, -0.2) is 0 Å². The molecule has 5 nitrogen and oxygen atoms in total. The summed E-state index contributed by atoms with van der Waals surface area (Å²) in [7, 11) is 0. The van der Waals surface area contributed by atoms with E-state index < -0.39 is 22.8 Å². The van der Waals surface area contributed by atoms with E-state index in [0.29, 0.717) is 12.6 Å². The number of hydrogen-bond acceptors (Lipinski definition) is 4. The Balaban J connectivity index is 1.58. The molecule has 1 atom stereocenters. The van der Waals surface area contributed by atoms with E-state index in [0.717, 1.165) is 44.4 Å². The van der Waals surface area contributed by atoms with Gasteiger partial charge in [-0.05, 0) is 90.0 Å². The lowest BCUT2D eigenvalue weighted by molar-refractivity contribution is -0.137. The fourth-order valence-corrected chi connectivity index (χ4v) is 5.39. The fraction of sp³-hybridized carbons (Fsp3) is 0.640. The second-order valence-corrected chi connectivity index (χ2v) is 10.1. The van der Waals surface area contributed by atoms with Crippen LogP contribution in [0.25, 0.3) is 0 Å². The SMILES string of the molecule is CC1CCCN1CCCCCCCN1C(=S)N(c2ccc(C#N)c(C(F)(F)F)c2)C(=O)C1(C)C. The number of carbonyl (C=O) groups is 1. The molecule has 1 aromatic carbocycles. The molecule has 9 heteroatoms. The Kier molecular flexibility index (Phi) is 8.25. The summed E-state index contributed by atoms with van der Waals surface area (Å²) >= 11 is 5.54. The lowest BCUT2D eigenvalue weighted by Crippen LogP contribution is -2.44. The van der Waals surface area contributed by atoms with Crippen LogP contribution in [0.5, 0.6) is 0 Å². The first-order chi connectivity index (χ1) is 16.0. The van der Waals surface area contributed by atoms with Crippen LogP contribution in [0.15, 0.2) is 18.2 Å². The van der Waals surface area contributed by atoms with Crippen LogP contribution in [0.4, 0.5) is 18.9 Å². The van der Waals surface area contributed by atoms with Crippen molar-refractivity contribution >= 4 is 28.9 Å². The van der Waals surface area contributed by atoms with Crippen LogP contribution in [0.2, 0.25) is 0 Å². The molecule has 0 aromatic heterocycles. The quantitative estimate of drug-likeness (QED) is 0.324. The van der Waals surface area contributed by atoms with Gasteiger partial charge in [0.1, 0.15) is 5.54 Å². The van der Waals surface area contributed by atoms with E-state index in [-0.39, 0.29) is 16.7 Å². The number of anilines is 1. The van der Waals surface area contributed by atoms with Crippen molar-refractivity contribution in [3.63, 3.8) is 0 Å². The van der Waals surface area contributed by atoms with Gasteiger partial charge in [-0.15, -0.1) is 0 Å². The van der Waals surface area contributed by atoms with Crippen LogP contribution >= 0.6 is 12.2 Å². The standard InChI is InChI=1S/C25H33F3N4OS/c1-18-10-9-14-30(18)13-7-5-4-6-8-15-31-23(34)32(22(33)24(31,2)3)20-12-11-19(17-29)21(16-20)25(26,27)28/h11-12,16,18H,4-10,13-15H2,1-3H3. The second-order valence-electron chi connectivity index (χ2n) is 9.77. The maximum atomic E-state index is 13.4. The fourth-order valence-electron chi connectivity index (χ4n) is 4.88. The van der Waals surface area contributed by atoms with Gasteiger partial charge < -0.3 is 9.80 Å². The van der Waals surface area contributed by atoms with Crippen LogP contribution in [0.1, 0.15) is 76.8 Å². The van der Waals surface area contributed by atoms with Crippen LogP contribution < -0.4 is 4.90 Å². The molecular formula is C25H33F3N4OS. The Hall–Kier alpha value is -2.18. The highest BCUT2D eigenvalue weighted by Gasteiger charge is 2.49. The molecule has 34 heavy (non-hydrogen) atoms. The van der Waals surface area contributed by atoms with Crippen molar-refractivity contribution < 1.29 is 18.0 Å². The van der Waals surface area contributed by atoms with Gasteiger partial charge in [-0.2, -0.15) is 18.4 Å². The molecule has 2 fully saturated rings. The number of hydrogen-bond donors (Lipinski definition) is 0. The summed E-state index contributed by atoms with van der Waals surface area (Å²) in [6.07, 6.45) is 3.20. The maximum absolute atomic E-state index is 13.4. The molecule has 1 unspecified atom stereocenters. The van der Waals surface area contributed by atoms with Crippen LogP contribution in [0.3, 0.4) is 0 Å². The molecular weight excluding hydrogens is 461 g/mol. The zero-order valence-corrected chi connectivity index (χ0v) is 20.9. The summed E-state index contributed by atoms with van der Waals surface area (Å²) in [4.78, 5) is 18.7. The Morgan fingerprint density at radius 2 is 1.79 bits per heavy atom. The number of thiocarbonyl (C=S) groups is 1. The molecule has 1 amide bonds. The molecule has 0 N–H and O–H groups in total. The third-order valence-electron chi connectivity index (χ3n) is 7.03. The van der Waals surface area contributed by atoms with Crippen molar-refractivity contribution in [1.82, 2.24) is 9.80 Å². The summed E-state index contributed by atoms with van der Waals surface area (Å²) in [5.41, 5.74) is -2.46. The number of unbranched alkanes of at least 4 members (excludes halogenated alkanes) is 4. The van der Waals surface area contributed by atoms with Gasteiger partial charge in [0.25, 0.3) is 5.91 Å². The minimum Gasteiger partial charge on any atom is -0.334 e. The topological polar surface area (TPSA) is 50.6 Å². The highest BCUT2D eigenvalue weighted by atomic mass is 32.1. The average molecular weight is 495 g/mol. The molecule has 3 rings (SSSR count). The summed E-state index contributed by atoms with van der Waals surface area (Å²) in [5, 5.41) is 9.25. The number of likely N-dealkylation sites (tertiary alicyclic amines) is 1. The third-order valence-corrected chi connectivity index (χ3v) is 7.43. The van der Waals surface area contributed by atoms with Crippen molar-refractivity contribution in [2.24, 2.45) is 0 Å². The third kappa shape index (κ3) is 5.55. The Morgan fingerprint density at radius 1 is 1.15 bits per heavy atom. The number of amides is 1. The van der Waals surface area contributed by atoms with Crippen molar-refractivity contribution in [3.05, 3.63) is 29.3 Å². The highest BCUT2D eigenvalue weighted by Crippen LogP contribution is 2.38. The van der Waals surface area contributed by atoms with Gasteiger partial charge in [0, 0.05) is 12.6 Å². The number of alkyl halides is 3. The highest BCUT2D eigenvalue weighted by molar-refractivity contribution is 7.80. The molecule has 1 aromatic rings. The van der Waals surface area contributed by atoms with Crippen LogP contribution in [-0.2, 0) is 11.0 Å². The number of nitrogens with zero attached hydrogens (tertiary/aromatic N) is 4. The van der Waals surface area contributed by atoms with Crippen molar-refractivity contribution in [2.75, 3.05) is 24.5 Å². The van der Waals surface area contributed by atoms with Gasteiger partial charge in [0.05, 0.1) is 22.9 Å². The Labute approximate surface area is 205 Å². The summed E-state index contributed by atoms with van der Waals surface area (Å²) in [6.45, 7) is 8.70. The van der Waals surface area contributed by atoms with Crippen molar-refractivity contribution in [3.8, 4) is 6.07 Å². The second kappa shape index (κ2) is 10.6. The van der Waals surface area contributed by atoms with Crippen LogP contribution in [-0.4, -0.2) is 52.0 Å². The van der Waals surface area contributed by atoms with E-state index in [2.05, 4.69) is 11.8 Å². The first-order valence-corrected chi connectivity index (χ1v) is 12.4. The number of carbonyl (C=O) groups excluding carboxylic acids is 1. The monoisotopic (exact) mass is 494 g/mol. The summed E-state index contributed by atoms with van der Waals surface area (Å²) < 4.78 is 40.3. The van der Waals surface area contributed by atoms with E-state index in [9.17, 15) is 18.0 Å². The van der Waals surface area contributed by atoms with Gasteiger partial charge >= 0.3 is 6.18 Å². The molecule has 0 bridgehead atoms. The summed E-state index contributed by atoms with van der Waals surface area (Å²) in [5.74, 6) is -0.366. The smallest absolute Gasteiger partial charge is 0.334 e. The first-order valence-electron chi connectivity index (χ1n) is 12.0. The number of halogens is 3. The zero-order valence-electron chi connectivity index (χ0n) is 20.1. The van der Waals surface area contributed by atoms with E-state index in [1.165, 1.54) is 36.8 Å². The first kappa shape index (κ1) is 26.4. The molecule has 0 spiro atoms. The maximum Gasteiger partial charge on any atom is 0.417 e. The molecule has 2 aliphatic rings. The molecule has 0 saturated carbocycles. The van der Waals surface area contributed by atoms with Gasteiger partial charge in [-0.1, -0.05) is 19.3 Å². The zero-order chi connectivity index (χ0) is 25.1. The van der Waals surface area contributed by atoms with E-state index in [1.54, 1.807) is 19.9 Å². The Bertz CT molecular complexity index is 956. The van der Waals surface area contributed by atoms with Gasteiger partial charge in [0.15, 0.2) is 5.11 Å². The molecule has 2 saturated heterocycles. The number of benzene rings is 1. The number of rotatable bonds is 9. The molecule has 186 valence electrons. The van der Waals surface area contributed by atoms with Gasteiger partial charge in [-0.3, -0.25) is 9.69 Å².